The Morgan fingerprint density at radius 3 is 3.00 bits per heavy atom. The van der Waals surface area contributed by atoms with Gasteiger partial charge in [-0.25, -0.2) is 0 Å². The summed E-state index contributed by atoms with van der Waals surface area (Å²) >= 11 is 0. The molecule has 1 unspecified atom stereocenters. The van der Waals surface area contributed by atoms with Gasteiger partial charge in [-0.15, -0.1) is 0 Å². The van der Waals surface area contributed by atoms with Gasteiger partial charge in [0.15, 0.2) is 0 Å². The predicted molar refractivity (Wildman–Crippen MR) is 46.7 cm³/mol. The fourth-order valence-electron chi connectivity index (χ4n) is 2.70. The van der Waals surface area contributed by atoms with Crippen LogP contribution in [0, 0.1) is 0 Å². The molecule has 64 valence electrons. The first-order chi connectivity index (χ1) is 5.37. The summed E-state index contributed by atoms with van der Waals surface area (Å²) in [6.45, 7) is 7.32. The Morgan fingerprint density at radius 2 is 2.36 bits per heavy atom. The first-order valence-corrected chi connectivity index (χ1v) is 4.83. The first kappa shape index (κ1) is 7.56. The highest BCUT2D eigenvalue weighted by Gasteiger charge is 2.41. The fourth-order valence-corrected chi connectivity index (χ4v) is 2.70. The van der Waals surface area contributed by atoms with Gasteiger partial charge >= 0.3 is 0 Å². The lowest BCUT2D eigenvalue weighted by Crippen LogP contribution is -2.45. The lowest BCUT2D eigenvalue weighted by Gasteiger charge is -2.33. The fraction of sp³-hybridized carbons (Fsp3) is 1.00. The molecular weight excluding hydrogens is 136 g/mol. The molecule has 2 fully saturated rings. The van der Waals surface area contributed by atoms with Crippen molar-refractivity contribution in [3.05, 3.63) is 0 Å². The molecule has 2 heterocycles. The molecule has 1 N–H and O–H groups in total. The highest BCUT2D eigenvalue weighted by Crippen LogP contribution is 2.33. The molecule has 2 saturated heterocycles. The molecule has 0 saturated carbocycles. The summed E-state index contributed by atoms with van der Waals surface area (Å²) in [5.41, 5.74) is 0.578. The molecule has 0 aromatic rings. The third-order valence-electron chi connectivity index (χ3n) is 3.34. The van der Waals surface area contributed by atoms with Gasteiger partial charge in [0, 0.05) is 12.1 Å². The maximum Gasteiger partial charge on any atom is 0.0346 e. The molecule has 2 rings (SSSR count). The molecule has 2 aliphatic heterocycles. The molecule has 2 aliphatic rings. The van der Waals surface area contributed by atoms with E-state index in [0.29, 0.717) is 5.54 Å². The molecule has 11 heavy (non-hydrogen) atoms. The smallest absolute Gasteiger partial charge is 0.0346 e. The van der Waals surface area contributed by atoms with Crippen LogP contribution in [-0.2, 0) is 0 Å². The number of likely N-dealkylation sites (tertiary alicyclic amines) is 1. The van der Waals surface area contributed by atoms with E-state index in [9.17, 15) is 0 Å². The second-order valence-corrected chi connectivity index (χ2v) is 3.83. The first-order valence-electron chi connectivity index (χ1n) is 4.83. The van der Waals surface area contributed by atoms with Crippen LogP contribution in [0.5, 0.6) is 0 Å². The summed E-state index contributed by atoms with van der Waals surface area (Å²) in [5, 5.41) is 3.48. The minimum atomic E-state index is 0.578. The van der Waals surface area contributed by atoms with Crippen molar-refractivity contribution in [2.45, 2.75) is 31.7 Å². The Balaban J connectivity index is 2.09. The average Bonchev–Trinajstić information content (AvgIpc) is 2.62. The van der Waals surface area contributed by atoms with E-state index in [-0.39, 0.29) is 0 Å². The molecule has 1 spiro atoms. The van der Waals surface area contributed by atoms with Crippen molar-refractivity contribution in [1.82, 2.24) is 10.2 Å². The number of nitrogens with zero attached hydrogens (tertiary/aromatic N) is 1. The highest BCUT2D eigenvalue weighted by molar-refractivity contribution is 5.00. The molecule has 1 atom stereocenters. The molecule has 0 radical (unpaired) electrons. The van der Waals surface area contributed by atoms with Gasteiger partial charge < -0.3 is 5.32 Å². The van der Waals surface area contributed by atoms with Gasteiger partial charge in [0.2, 0.25) is 0 Å². The van der Waals surface area contributed by atoms with Crippen LogP contribution in [0.15, 0.2) is 0 Å². The summed E-state index contributed by atoms with van der Waals surface area (Å²) < 4.78 is 0. The molecule has 0 amide bonds. The van der Waals surface area contributed by atoms with Gasteiger partial charge in [-0.1, -0.05) is 6.92 Å². The van der Waals surface area contributed by atoms with E-state index >= 15 is 0 Å². The van der Waals surface area contributed by atoms with Gasteiger partial charge in [0.25, 0.3) is 0 Å². The van der Waals surface area contributed by atoms with Crippen LogP contribution >= 0.6 is 0 Å². The molecule has 2 nitrogen and oxygen atoms in total. The molecule has 2 heteroatoms. The van der Waals surface area contributed by atoms with Gasteiger partial charge in [-0.2, -0.15) is 0 Å². The second kappa shape index (κ2) is 2.76. The summed E-state index contributed by atoms with van der Waals surface area (Å²) in [4.78, 5) is 2.66. The Labute approximate surface area is 69.0 Å². The van der Waals surface area contributed by atoms with Gasteiger partial charge in [-0.3, -0.25) is 4.90 Å². The number of likely N-dealkylation sites (N-methyl/N-ethyl adjacent to an activating group) is 1. The van der Waals surface area contributed by atoms with Crippen molar-refractivity contribution in [3.63, 3.8) is 0 Å². The van der Waals surface area contributed by atoms with Crippen LogP contribution in [-0.4, -0.2) is 36.6 Å². The van der Waals surface area contributed by atoms with E-state index in [1.807, 2.05) is 0 Å². The Morgan fingerprint density at radius 1 is 1.45 bits per heavy atom. The van der Waals surface area contributed by atoms with E-state index < -0.39 is 0 Å². The standard InChI is InChI=1S/C9H18N2/c1-2-11-7-3-4-9(11)5-6-10-8-9/h10H,2-8H2,1H3. The quantitative estimate of drug-likeness (QED) is 0.602. The van der Waals surface area contributed by atoms with Crippen LogP contribution < -0.4 is 5.32 Å². The highest BCUT2D eigenvalue weighted by atomic mass is 15.3. The number of nitrogens with one attached hydrogen (secondary N) is 1. The lowest BCUT2D eigenvalue weighted by atomic mass is 9.95. The van der Waals surface area contributed by atoms with Crippen molar-refractivity contribution in [2.24, 2.45) is 0 Å². The van der Waals surface area contributed by atoms with Crippen LogP contribution in [0.4, 0.5) is 0 Å². The summed E-state index contributed by atoms with van der Waals surface area (Å²) in [7, 11) is 0. The third kappa shape index (κ3) is 1.09. The monoisotopic (exact) mass is 154 g/mol. The molecule has 0 bridgehead atoms. The van der Waals surface area contributed by atoms with Crippen LogP contribution in [0.3, 0.4) is 0 Å². The van der Waals surface area contributed by atoms with Crippen LogP contribution in [0.25, 0.3) is 0 Å². The maximum atomic E-state index is 3.48. The Kier molecular flexibility index (Phi) is 1.90. The molecule has 0 aliphatic carbocycles. The maximum absolute atomic E-state index is 3.48. The number of hydrogen-bond donors (Lipinski definition) is 1. The van der Waals surface area contributed by atoms with Crippen molar-refractivity contribution < 1.29 is 0 Å². The molecule has 0 aromatic carbocycles. The zero-order valence-electron chi connectivity index (χ0n) is 7.40. The van der Waals surface area contributed by atoms with Gasteiger partial charge in [0.05, 0.1) is 0 Å². The normalized spacial score (nSPS) is 39.0. The summed E-state index contributed by atoms with van der Waals surface area (Å²) in [5.74, 6) is 0. The van der Waals surface area contributed by atoms with E-state index in [2.05, 4.69) is 17.1 Å². The Bertz CT molecular complexity index is 133. The average molecular weight is 154 g/mol. The van der Waals surface area contributed by atoms with Gasteiger partial charge in [-0.05, 0) is 38.9 Å². The van der Waals surface area contributed by atoms with E-state index in [4.69, 9.17) is 0 Å². The minimum Gasteiger partial charge on any atom is -0.315 e. The van der Waals surface area contributed by atoms with Crippen molar-refractivity contribution in [3.8, 4) is 0 Å². The Hall–Kier alpha value is -0.0800. The number of rotatable bonds is 1. The summed E-state index contributed by atoms with van der Waals surface area (Å²) in [6, 6.07) is 0. The van der Waals surface area contributed by atoms with Crippen LogP contribution in [0.1, 0.15) is 26.2 Å². The van der Waals surface area contributed by atoms with E-state index in [1.165, 1.54) is 45.4 Å². The predicted octanol–water partition coefficient (Wildman–Crippen LogP) is 0.834. The van der Waals surface area contributed by atoms with Gasteiger partial charge in [0.1, 0.15) is 0 Å². The van der Waals surface area contributed by atoms with Crippen molar-refractivity contribution in [1.29, 1.82) is 0 Å². The molecular formula is C9H18N2. The topological polar surface area (TPSA) is 15.3 Å². The van der Waals surface area contributed by atoms with Crippen molar-refractivity contribution >= 4 is 0 Å². The van der Waals surface area contributed by atoms with Crippen LogP contribution in [0.2, 0.25) is 0 Å². The lowest BCUT2D eigenvalue weighted by molar-refractivity contribution is 0.165. The van der Waals surface area contributed by atoms with E-state index in [0.717, 1.165) is 0 Å². The minimum absolute atomic E-state index is 0.578. The third-order valence-corrected chi connectivity index (χ3v) is 3.34. The number of hydrogen-bond acceptors (Lipinski definition) is 2. The second-order valence-electron chi connectivity index (χ2n) is 3.83. The largest absolute Gasteiger partial charge is 0.315 e. The SMILES string of the molecule is CCN1CCCC12CCNC2. The zero-order chi connectivity index (χ0) is 7.73. The van der Waals surface area contributed by atoms with Crippen molar-refractivity contribution in [2.75, 3.05) is 26.2 Å². The van der Waals surface area contributed by atoms with E-state index in [1.54, 1.807) is 0 Å². The molecule has 0 aromatic heterocycles. The zero-order valence-corrected chi connectivity index (χ0v) is 7.40. The summed E-state index contributed by atoms with van der Waals surface area (Å²) in [6.07, 6.45) is 4.21.